The van der Waals surface area contributed by atoms with Crippen LogP contribution in [0.4, 0.5) is 5.69 Å². The maximum atomic E-state index is 3.97. The van der Waals surface area contributed by atoms with Crippen molar-refractivity contribution in [2.45, 2.75) is 13.8 Å². The fourth-order valence-corrected chi connectivity index (χ4v) is 1.46. The van der Waals surface area contributed by atoms with Crippen LogP contribution in [0, 0.1) is 6.92 Å². The molecule has 0 unspecified atom stereocenters. The van der Waals surface area contributed by atoms with E-state index in [4.69, 9.17) is 0 Å². The zero-order valence-electron chi connectivity index (χ0n) is 8.96. The first-order valence-electron chi connectivity index (χ1n) is 4.76. The molecule has 0 heterocycles. The van der Waals surface area contributed by atoms with Crippen LogP contribution in [0.15, 0.2) is 49.2 Å². The number of anilines is 1. The largest absolute Gasteiger partial charge is 0.342 e. The fraction of sp³-hybridized carbons (Fsp3) is 0.231. The van der Waals surface area contributed by atoms with E-state index in [0.717, 1.165) is 12.2 Å². The molecule has 74 valence electrons. The van der Waals surface area contributed by atoms with E-state index in [0.29, 0.717) is 0 Å². The van der Waals surface area contributed by atoms with Crippen molar-refractivity contribution in [3.8, 4) is 0 Å². The number of hydrogen-bond acceptors (Lipinski definition) is 1. The van der Waals surface area contributed by atoms with Crippen LogP contribution >= 0.6 is 0 Å². The van der Waals surface area contributed by atoms with Gasteiger partial charge in [0.2, 0.25) is 0 Å². The van der Waals surface area contributed by atoms with Gasteiger partial charge in [0.05, 0.1) is 0 Å². The molecule has 0 radical (unpaired) electrons. The van der Waals surface area contributed by atoms with Crippen molar-refractivity contribution in [2.24, 2.45) is 0 Å². The minimum Gasteiger partial charge on any atom is -0.342 e. The molecule has 1 heteroatoms. The molecule has 0 aliphatic heterocycles. The van der Waals surface area contributed by atoms with Gasteiger partial charge in [-0.3, -0.25) is 0 Å². The quantitative estimate of drug-likeness (QED) is 0.652. The number of allylic oxidation sites excluding steroid dienone is 1. The Hall–Kier alpha value is -1.50. The molecule has 0 bridgehead atoms. The summed E-state index contributed by atoms with van der Waals surface area (Å²) in [5, 5.41) is 0. The standard InChI is InChI=1S/C13H17N/c1-5-10-14(11(2)3)13-9-7-6-8-12(13)4/h5-9H,1-2,10H2,3-4H3. The summed E-state index contributed by atoms with van der Waals surface area (Å²) < 4.78 is 0. The lowest BCUT2D eigenvalue weighted by Gasteiger charge is -2.24. The Morgan fingerprint density at radius 3 is 2.57 bits per heavy atom. The first-order chi connectivity index (χ1) is 6.66. The minimum absolute atomic E-state index is 0.806. The van der Waals surface area contributed by atoms with Gasteiger partial charge in [-0.15, -0.1) is 6.58 Å². The second kappa shape index (κ2) is 4.66. The molecule has 0 atom stereocenters. The number of rotatable bonds is 4. The second-order valence-corrected chi connectivity index (χ2v) is 3.42. The summed E-state index contributed by atoms with van der Waals surface area (Å²) in [5.74, 6) is 0. The van der Waals surface area contributed by atoms with Crippen LogP contribution in [0.25, 0.3) is 0 Å². The summed E-state index contributed by atoms with van der Waals surface area (Å²) >= 11 is 0. The Morgan fingerprint density at radius 1 is 1.43 bits per heavy atom. The zero-order chi connectivity index (χ0) is 10.6. The van der Waals surface area contributed by atoms with Crippen LogP contribution < -0.4 is 4.90 Å². The van der Waals surface area contributed by atoms with E-state index in [1.807, 2.05) is 25.1 Å². The molecule has 0 saturated heterocycles. The predicted molar refractivity (Wildman–Crippen MR) is 63.5 cm³/mol. The Bertz CT molecular complexity index is 339. The van der Waals surface area contributed by atoms with Gasteiger partial charge >= 0.3 is 0 Å². The van der Waals surface area contributed by atoms with Crippen LogP contribution in [0.5, 0.6) is 0 Å². The van der Waals surface area contributed by atoms with Gasteiger partial charge in [0, 0.05) is 17.9 Å². The van der Waals surface area contributed by atoms with Gasteiger partial charge in [-0.25, -0.2) is 0 Å². The van der Waals surface area contributed by atoms with E-state index in [9.17, 15) is 0 Å². The van der Waals surface area contributed by atoms with Gasteiger partial charge in [0.15, 0.2) is 0 Å². The summed E-state index contributed by atoms with van der Waals surface area (Å²) in [6.45, 7) is 12.6. The SMILES string of the molecule is C=CCN(C(=C)C)c1ccccc1C. The van der Waals surface area contributed by atoms with E-state index in [1.54, 1.807) is 0 Å². The third-order valence-corrected chi connectivity index (χ3v) is 2.18. The topological polar surface area (TPSA) is 3.24 Å². The maximum Gasteiger partial charge on any atom is 0.0440 e. The van der Waals surface area contributed by atoms with Gasteiger partial charge in [-0.2, -0.15) is 0 Å². The van der Waals surface area contributed by atoms with Crippen molar-refractivity contribution in [2.75, 3.05) is 11.4 Å². The molecule has 0 spiro atoms. The van der Waals surface area contributed by atoms with Crippen LogP contribution in [-0.2, 0) is 0 Å². The first kappa shape index (κ1) is 10.6. The highest BCUT2D eigenvalue weighted by molar-refractivity contribution is 5.57. The average Bonchev–Trinajstić information content (AvgIpc) is 2.15. The molecule has 0 amide bonds. The third-order valence-electron chi connectivity index (χ3n) is 2.18. The Labute approximate surface area is 86.4 Å². The second-order valence-electron chi connectivity index (χ2n) is 3.42. The number of para-hydroxylation sites is 1. The average molecular weight is 187 g/mol. The monoisotopic (exact) mass is 187 g/mol. The first-order valence-corrected chi connectivity index (χ1v) is 4.76. The van der Waals surface area contributed by atoms with Crippen molar-refractivity contribution >= 4 is 5.69 Å². The number of hydrogen-bond donors (Lipinski definition) is 0. The van der Waals surface area contributed by atoms with E-state index in [-0.39, 0.29) is 0 Å². The zero-order valence-corrected chi connectivity index (χ0v) is 8.96. The summed E-state index contributed by atoms with van der Waals surface area (Å²) in [4.78, 5) is 2.16. The lowest BCUT2D eigenvalue weighted by Crippen LogP contribution is -2.20. The summed E-state index contributed by atoms with van der Waals surface area (Å²) in [6, 6.07) is 8.30. The molecular formula is C13H17N. The molecule has 0 aromatic heterocycles. The van der Waals surface area contributed by atoms with Crippen LogP contribution in [-0.4, -0.2) is 6.54 Å². The maximum absolute atomic E-state index is 3.97. The molecule has 0 saturated carbocycles. The van der Waals surface area contributed by atoms with Crippen molar-refractivity contribution in [3.63, 3.8) is 0 Å². The third kappa shape index (κ3) is 2.25. The highest BCUT2D eigenvalue weighted by Crippen LogP contribution is 2.22. The molecule has 0 N–H and O–H groups in total. The van der Waals surface area contributed by atoms with Crippen LogP contribution in [0.1, 0.15) is 12.5 Å². The highest BCUT2D eigenvalue weighted by Gasteiger charge is 2.06. The van der Waals surface area contributed by atoms with Gasteiger partial charge in [0.1, 0.15) is 0 Å². The molecule has 1 rings (SSSR count). The van der Waals surface area contributed by atoms with E-state index in [1.165, 1.54) is 11.3 Å². The van der Waals surface area contributed by atoms with Crippen LogP contribution in [0.3, 0.4) is 0 Å². The molecule has 1 nitrogen and oxygen atoms in total. The lowest BCUT2D eigenvalue weighted by molar-refractivity contribution is 1.01. The van der Waals surface area contributed by atoms with Gasteiger partial charge in [0.25, 0.3) is 0 Å². The molecule has 1 aromatic carbocycles. The number of benzene rings is 1. The van der Waals surface area contributed by atoms with Gasteiger partial charge < -0.3 is 4.90 Å². The fourth-order valence-electron chi connectivity index (χ4n) is 1.46. The highest BCUT2D eigenvalue weighted by atomic mass is 15.1. The van der Waals surface area contributed by atoms with Crippen molar-refractivity contribution in [1.82, 2.24) is 0 Å². The van der Waals surface area contributed by atoms with E-state index >= 15 is 0 Å². The smallest absolute Gasteiger partial charge is 0.0440 e. The Balaban J connectivity index is 3.04. The van der Waals surface area contributed by atoms with E-state index < -0.39 is 0 Å². The number of nitrogens with zero attached hydrogens (tertiary/aromatic N) is 1. The van der Waals surface area contributed by atoms with Crippen molar-refractivity contribution in [1.29, 1.82) is 0 Å². The van der Waals surface area contributed by atoms with Gasteiger partial charge in [-0.1, -0.05) is 30.9 Å². The molecular weight excluding hydrogens is 170 g/mol. The minimum atomic E-state index is 0.806. The molecule has 0 aliphatic rings. The predicted octanol–water partition coefficient (Wildman–Crippen LogP) is 3.52. The normalized spacial score (nSPS) is 9.57. The molecule has 14 heavy (non-hydrogen) atoms. The number of aryl methyl sites for hydroxylation is 1. The Morgan fingerprint density at radius 2 is 2.07 bits per heavy atom. The molecule has 1 aromatic rings. The molecule has 0 aliphatic carbocycles. The molecule has 0 fully saturated rings. The van der Waals surface area contributed by atoms with E-state index in [2.05, 4.69) is 37.1 Å². The lowest BCUT2D eigenvalue weighted by atomic mass is 10.1. The Kier molecular flexibility index (Phi) is 3.52. The van der Waals surface area contributed by atoms with Crippen molar-refractivity contribution in [3.05, 3.63) is 54.8 Å². The van der Waals surface area contributed by atoms with Crippen molar-refractivity contribution < 1.29 is 0 Å². The summed E-state index contributed by atoms with van der Waals surface area (Å²) in [5.41, 5.74) is 3.51. The van der Waals surface area contributed by atoms with Crippen LogP contribution in [0.2, 0.25) is 0 Å². The summed E-state index contributed by atoms with van der Waals surface area (Å²) in [6.07, 6.45) is 1.89. The summed E-state index contributed by atoms with van der Waals surface area (Å²) in [7, 11) is 0. The van der Waals surface area contributed by atoms with Gasteiger partial charge in [-0.05, 0) is 25.5 Å².